The van der Waals surface area contributed by atoms with Crippen molar-refractivity contribution in [3.63, 3.8) is 0 Å². The Labute approximate surface area is 169 Å². The zero-order chi connectivity index (χ0) is 19.8. The first-order valence-electron chi connectivity index (χ1n) is 10.6. The molecule has 0 bridgehead atoms. The highest BCUT2D eigenvalue weighted by Crippen LogP contribution is 2.33. The van der Waals surface area contributed by atoms with Gasteiger partial charge >= 0.3 is 0 Å². The molecule has 0 aliphatic carbocycles. The van der Waals surface area contributed by atoms with E-state index in [1.165, 1.54) is 5.56 Å². The van der Waals surface area contributed by atoms with Crippen LogP contribution >= 0.6 is 0 Å². The zero-order valence-electron chi connectivity index (χ0n) is 17.5. The molecule has 2 atom stereocenters. The summed E-state index contributed by atoms with van der Waals surface area (Å²) in [5, 5.41) is 0. The van der Waals surface area contributed by atoms with Crippen LogP contribution in [0.1, 0.15) is 52.0 Å². The number of ether oxygens (including phenoxy) is 3. The van der Waals surface area contributed by atoms with Gasteiger partial charge in [0.25, 0.3) is 0 Å². The zero-order valence-corrected chi connectivity index (χ0v) is 17.5. The number of hydrogen-bond donors (Lipinski definition) is 0. The van der Waals surface area contributed by atoms with Gasteiger partial charge in [0.2, 0.25) is 0 Å². The molecule has 2 heterocycles. The predicted molar refractivity (Wildman–Crippen MR) is 110 cm³/mol. The van der Waals surface area contributed by atoms with Gasteiger partial charge < -0.3 is 18.8 Å². The number of nitrogens with zero attached hydrogens (tertiary/aromatic N) is 2. The molecule has 2 aromatic rings. The minimum atomic E-state index is -0.587. The first kappa shape index (κ1) is 20.9. The number of hydrogen-bond acceptors (Lipinski definition) is 4. The molecule has 0 N–H and O–H groups in total. The minimum Gasteiger partial charge on any atom is -0.494 e. The van der Waals surface area contributed by atoms with Crippen LogP contribution in [0.15, 0.2) is 43.0 Å². The van der Waals surface area contributed by atoms with Gasteiger partial charge in [0.05, 0.1) is 32.2 Å². The molecule has 28 heavy (non-hydrogen) atoms. The van der Waals surface area contributed by atoms with E-state index in [1.54, 1.807) is 6.20 Å². The molecular formula is C23H34N2O3. The van der Waals surface area contributed by atoms with Gasteiger partial charge in [0.15, 0.2) is 5.79 Å². The van der Waals surface area contributed by atoms with E-state index >= 15 is 0 Å². The lowest BCUT2D eigenvalue weighted by Gasteiger charge is -2.29. The van der Waals surface area contributed by atoms with Gasteiger partial charge in [-0.3, -0.25) is 0 Å². The van der Waals surface area contributed by atoms with E-state index in [4.69, 9.17) is 14.2 Å². The summed E-state index contributed by atoms with van der Waals surface area (Å²) in [5.74, 6) is 0.949. The average Bonchev–Trinajstić information content (AvgIpc) is 3.32. The van der Waals surface area contributed by atoms with Crippen LogP contribution in [-0.2, 0) is 22.4 Å². The van der Waals surface area contributed by atoms with Crippen LogP contribution in [0, 0.1) is 5.92 Å². The summed E-state index contributed by atoms with van der Waals surface area (Å²) in [6.45, 7) is 8.73. The molecule has 1 aliphatic rings. The van der Waals surface area contributed by atoms with E-state index in [0.717, 1.165) is 44.5 Å². The van der Waals surface area contributed by atoms with Crippen LogP contribution in [0.4, 0.5) is 0 Å². The highest BCUT2D eigenvalue weighted by Gasteiger charge is 2.41. The number of benzene rings is 1. The topological polar surface area (TPSA) is 45.5 Å². The molecule has 154 valence electrons. The van der Waals surface area contributed by atoms with Crippen molar-refractivity contribution in [2.45, 2.75) is 71.3 Å². The van der Waals surface area contributed by atoms with Crippen molar-refractivity contribution in [3.8, 4) is 5.75 Å². The molecule has 1 aromatic carbocycles. The third-order valence-corrected chi connectivity index (χ3v) is 5.12. The number of aromatic nitrogens is 2. The first-order chi connectivity index (χ1) is 13.6. The fraction of sp³-hybridized carbons (Fsp3) is 0.609. The van der Waals surface area contributed by atoms with Crippen LogP contribution in [0.25, 0.3) is 0 Å². The normalized spacial score (nSPS) is 22.1. The molecule has 0 radical (unpaired) electrons. The maximum Gasteiger partial charge on any atom is 0.187 e. The fourth-order valence-electron chi connectivity index (χ4n) is 3.63. The van der Waals surface area contributed by atoms with Crippen molar-refractivity contribution in [1.29, 1.82) is 0 Å². The van der Waals surface area contributed by atoms with Crippen LogP contribution in [0.2, 0.25) is 0 Å². The van der Waals surface area contributed by atoms with Gasteiger partial charge in [-0.1, -0.05) is 39.3 Å². The van der Waals surface area contributed by atoms with Crippen molar-refractivity contribution in [2.24, 2.45) is 5.92 Å². The maximum absolute atomic E-state index is 6.45. The van der Waals surface area contributed by atoms with Crippen LogP contribution in [-0.4, -0.2) is 34.7 Å². The van der Waals surface area contributed by atoms with Crippen molar-refractivity contribution >= 4 is 0 Å². The van der Waals surface area contributed by atoms with E-state index in [2.05, 4.69) is 50.0 Å². The number of aryl methyl sites for hydroxylation is 1. The largest absolute Gasteiger partial charge is 0.494 e. The SMILES string of the molecule is CCCCOc1ccc(CCC2(Cn3ccnc3)OCC(CC(C)C)O2)cc1. The fourth-order valence-corrected chi connectivity index (χ4v) is 3.63. The van der Waals surface area contributed by atoms with E-state index in [0.29, 0.717) is 19.1 Å². The van der Waals surface area contributed by atoms with Crippen LogP contribution in [0.3, 0.4) is 0 Å². The lowest BCUT2D eigenvalue weighted by Crippen LogP contribution is -2.36. The van der Waals surface area contributed by atoms with Gasteiger partial charge in [0, 0.05) is 18.8 Å². The van der Waals surface area contributed by atoms with Gasteiger partial charge in [-0.15, -0.1) is 0 Å². The molecule has 5 heteroatoms. The van der Waals surface area contributed by atoms with Crippen molar-refractivity contribution < 1.29 is 14.2 Å². The summed E-state index contributed by atoms with van der Waals surface area (Å²) in [7, 11) is 0. The van der Waals surface area contributed by atoms with Crippen molar-refractivity contribution in [3.05, 3.63) is 48.5 Å². The summed E-state index contributed by atoms with van der Waals surface area (Å²) < 4.78 is 20.5. The Hall–Kier alpha value is -1.85. The summed E-state index contributed by atoms with van der Waals surface area (Å²) in [5.41, 5.74) is 1.27. The Morgan fingerprint density at radius 1 is 1.29 bits per heavy atom. The third kappa shape index (κ3) is 6.08. The molecule has 0 spiro atoms. The Morgan fingerprint density at radius 2 is 2.11 bits per heavy atom. The van der Waals surface area contributed by atoms with E-state index < -0.39 is 5.79 Å². The second-order valence-corrected chi connectivity index (χ2v) is 8.17. The number of unbranched alkanes of at least 4 members (excludes halogenated alkanes) is 1. The van der Waals surface area contributed by atoms with Gasteiger partial charge in [-0.25, -0.2) is 4.98 Å². The van der Waals surface area contributed by atoms with E-state index in [-0.39, 0.29) is 6.10 Å². The summed E-state index contributed by atoms with van der Waals surface area (Å²) in [6, 6.07) is 8.41. The average molecular weight is 387 g/mol. The minimum absolute atomic E-state index is 0.165. The molecule has 0 saturated carbocycles. The molecular weight excluding hydrogens is 352 g/mol. The number of rotatable bonds is 11. The monoisotopic (exact) mass is 386 g/mol. The molecule has 2 unspecified atom stereocenters. The van der Waals surface area contributed by atoms with Crippen molar-refractivity contribution in [1.82, 2.24) is 9.55 Å². The standard InChI is InChI=1S/C23H34N2O3/c1-4-5-14-26-21-8-6-20(7-9-21)10-11-23(17-25-13-12-24-18-25)27-16-22(28-23)15-19(2)3/h6-9,12-13,18-19,22H,4-5,10-11,14-17H2,1-3H3. The molecule has 1 saturated heterocycles. The highest BCUT2D eigenvalue weighted by atomic mass is 16.7. The molecule has 0 amide bonds. The lowest BCUT2D eigenvalue weighted by molar-refractivity contribution is -0.183. The third-order valence-electron chi connectivity index (χ3n) is 5.12. The second kappa shape index (κ2) is 10.1. The number of imidazole rings is 1. The van der Waals surface area contributed by atoms with Crippen molar-refractivity contribution in [2.75, 3.05) is 13.2 Å². The van der Waals surface area contributed by atoms with Crippen LogP contribution < -0.4 is 4.74 Å². The molecule has 5 nitrogen and oxygen atoms in total. The molecule has 1 aromatic heterocycles. The smallest absolute Gasteiger partial charge is 0.187 e. The first-order valence-corrected chi connectivity index (χ1v) is 10.6. The predicted octanol–water partition coefficient (Wildman–Crippen LogP) is 4.85. The maximum atomic E-state index is 6.45. The summed E-state index contributed by atoms with van der Waals surface area (Å²) >= 11 is 0. The quantitative estimate of drug-likeness (QED) is 0.518. The van der Waals surface area contributed by atoms with E-state index in [1.807, 2.05) is 17.1 Å². The van der Waals surface area contributed by atoms with Gasteiger partial charge in [-0.2, -0.15) is 0 Å². The van der Waals surface area contributed by atoms with Crippen LogP contribution in [0.5, 0.6) is 5.75 Å². The Balaban J connectivity index is 1.60. The molecule has 1 fully saturated rings. The molecule has 3 rings (SSSR count). The summed E-state index contributed by atoms with van der Waals surface area (Å²) in [6.07, 6.45) is 10.7. The second-order valence-electron chi connectivity index (χ2n) is 8.17. The highest BCUT2D eigenvalue weighted by molar-refractivity contribution is 5.27. The Bertz CT molecular complexity index is 684. The van der Waals surface area contributed by atoms with Gasteiger partial charge in [0.1, 0.15) is 5.75 Å². The summed E-state index contributed by atoms with van der Waals surface area (Å²) in [4.78, 5) is 4.16. The molecule has 1 aliphatic heterocycles. The van der Waals surface area contributed by atoms with Gasteiger partial charge in [-0.05, 0) is 42.9 Å². The Morgan fingerprint density at radius 3 is 2.79 bits per heavy atom. The lowest BCUT2D eigenvalue weighted by atomic mass is 10.0. The van der Waals surface area contributed by atoms with E-state index in [9.17, 15) is 0 Å². The Kier molecular flexibility index (Phi) is 7.51.